The molecule has 0 fully saturated rings. The molecule has 0 aromatic heterocycles. The average Bonchev–Trinajstić information content (AvgIpc) is 2.29. The highest BCUT2D eigenvalue weighted by molar-refractivity contribution is 14.1. The summed E-state index contributed by atoms with van der Waals surface area (Å²) in [6.45, 7) is 5.20. The number of carbonyl (C=O) groups excluding carboxylic acids is 1. The maximum Gasteiger partial charge on any atom is 0.333 e. The summed E-state index contributed by atoms with van der Waals surface area (Å²) in [5.74, 6) is 0.00778. The molecule has 0 aliphatic carbocycles. The van der Waals surface area contributed by atoms with Crippen molar-refractivity contribution in [1.82, 2.24) is 0 Å². The van der Waals surface area contributed by atoms with Crippen LogP contribution in [0.4, 0.5) is 0 Å². The number of benzene rings is 1. The Hall–Kier alpha value is -1.24. The zero-order valence-electron chi connectivity index (χ0n) is 9.62. The Morgan fingerprint density at radius 1 is 1.53 bits per heavy atom. The molecule has 0 unspecified atom stereocenters. The van der Waals surface area contributed by atoms with Crippen molar-refractivity contribution < 1.29 is 19.4 Å². The smallest absolute Gasteiger partial charge is 0.333 e. The van der Waals surface area contributed by atoms with E-state index in [0.717, 1.165) is 5.56 Å². The molecule has 0 saturated carbocycles. The highest BCUT2D eigenvalue weighted by Gasteiger charge is 2.10. The summed E-state index contributed by atoms with van der Waals surface area (Å²) in [7, 11) is 1.47. The fourth-order valence-electron chi connectivity index (χ4n) is 1.14. The van der Waals surface area contributed by atoms with E-state index in [1.54, 1.807) is 19.1 Å². The number of carbonyl (C=O) groups is 1. The molecule has 0 aliphatic rings. The number of ether oxygens (including phenoxy) is 2. The van der Waals surface area contributed by atoms with E-state index in [2.05, 4.69) is 6.58 Å². The first-order valence-electron chi connectivity index (χ1n) is 4.83. The van der Waals surface area contributed by atoms with Gasteiger partial charge in [0, 0.05) is 5.57 Å². The van der Waals surface area contributed by atoms with Crippen molar-refractivity contribution in [2.75, 3.05) is 7.11 Å². The number of phenols is 1. The second-order valence-electron chi connectivity index (χ2n) is 3.48. The Kier molecular flexibility index (Phi) is 4.80. The predicted molar refractivity (Wildman–Crippen MR) is 72.0 cm³/mol. The molecule has 17 heavy (non-hydrogen) atoms. The minimum absolute atomic E-state index is 0.0862. The summed E-state index contributed by atoms with van der Waals surface area (Å²) in [6, 6.07) is 3.35. The van der Waals surface area contributed by atoms with Gasteiger partial charge in [0.15, 0.2) is 11.5 Å². The standard InChI is InChI=1S/C12H13IO4/c1-7(2)12(15)17-6-8-4-9(13)11(14)10(5-8)16-3/h4-5,14H,1,6H2,2-3H3. The lowest BCUT2D eigenvalue weighted by molar-refractivity contribution is -0.140. The van der Waals surface area contributed by atoms with Gasteiger partial charge in [-0.15, -0.1) is 0 Å². The molecule has 0 radical (unpaired) electrons. The van der Waals surface area contributed by atoms with Crippen molar-refractivity contribution in [2.24, 2.45) is 0 Å². The lowest BCUT2D eigenvalue weighted by Gasteiger charge is -2.09. The first-order chi connectivity index (χ1) is 7.95. The van der Waals surface area contributed by atoms with E-state index in [4.69, 9.17) is 9.47 Å². The Labute approximate surface area is 113 Å². The zero-order chi connectivity index (χ0) is 13.0. The fraction of sp³-hybridized carbons (Fsp3) is 0.250. The van der Waals surface area contributed by atoms with Gasteiger partial charge in [0.2, 0.25) is 0 Å². The molecule has 4 nitrogen and oxygen atoms in total. The van der Waals surface area contributed by atoms with Crippen LogP contribution in [0.5, 0.6) is 11.5 Å². The minimum Gasteiger partial charge on any atom is -0.504 e. The number of rotatable bonds is 4. The summed E-state index contributed by atoms with van der Waals surface area (Å²) in [6.07, 6.45) is 0. The molecule has 0 aliphatic heterocycles. The van der Waals surface area contributed by atoms with Crippen molar-refractivity contribution in [3.8, 4) is 11.5 Å². The van der Waals surface area contributed by atoms with Crippen LogP contribution in [0.3, 0.4) is 0 Å². The number of hydrogen-bond donors (Lipinski definition) is 1. The minimum atomic E-state index is -0.438. The van der Waals surface area contributed by atoms with Crippen LogP contribution in [-0.4, -0.2) is 18.2 Å². The van der Waals surface area contributed by atoms with Crippen molar-refractivity contribution >= 4 is 28.6 Å². The molecule has 0 heterocycles. The van der Waals surface area contributed by atoms with Crippen molar-refractivity contribution in [3.63, 3.8) is 0 Å². The molecular weight excluding hydrogens is 335 g/mol. The van der Waals surface area contributed by atoms with Gasteiger partial charge in [-0.25, -0.2) is 4.79 Å². The monoisotopic (exact) mass is 348 g/mol. The topological polar surface area (TPSA) is 55.8 Å². The summed E-state index contributed by atoms with van der Waals surface area (Å²) in [4.78, 5) is 11.2. The summed E-state index contributed by atoms with van der Waals surface area (Å²) in [5.41, 5.74) is 1.10. The van der Waals surface area contributed by atoms with Crippen LogP contribution in [0.25, 0.3) is 0 Å². The molecule has 0 amide bonds. The number of methoxy groups -OCH3 is 1. The summed E-state index contributed by atoms with van der Waals surface area (Å²) < 4.78 is 10.7. The molecule has 92 valence electrons. The van der Waals surface area contributed by atoms with Gasteiger partial charge in [-0.1, -0.05) is 6.58 Å². The zero-order valence-corrected chi connectivity index (χ0v) is 11.8. The van der Waals surface area contributed by atoms with Crippen LogP contribution in [0.15, 0.2) is 24.3 Å². The van der Waals surface area contributed by atoms with Gasteiger partial charge in [-0.3, -0.25) is 0 Å². The van der Waals surface area contributed by atoms with Gasteiger partial charge < -0.3 is 14.6 Å². The molecule has 0 saturated heterocycles. The molecule has 5 heteroatoms. The van der Waals surface area contributed by atoms with E-state index in [9.17, 15) is 9.90 Å². The van der Waals surface area contributed by atoms with Crippen LogP contribution < -0.4 is 4.74 Å². The van der Waals surface area contributed by atoms with Crippen LogP contribution in [0.1, 0.15) is 12.5 Å². The SMILES string of the molecule is C=C(C)C(=O)OCc1cc(I)c(O)c(OC)c1. The van der Waals surface area contributed by atoms with Crippen molar-refractivity contribution in [1.29, 1.82) is 0 Å². The maximum atomic E-state index is 11.2. The van der Waals surface area contributed by atoms with Gasteiger partial charge in [0.1, 0.15) is 6.61 Å². The van der Waals surface area contributed by atoms with Crippen LogP contribution in [0, 0.1) is 3.57 Å². The first-order valence-corrected chi connectivity index (χ1v) is 5.91. The highest BCUT2D eigenvalue weighted by atomic mass is 127. The third kappa shape index (κ3) is 3.62. The first kappa shape index (κ1) is 13.8. The lowest BCUT2D eigenvalue weighted by Crippen LogP contribution is -2.05. The van der Waals surface area contributed by atoms with Crippen LogP contribution >= 0.6 is 22.6 Å². The highest BCUT2D eigenvalue weighted by Crippen LogP contribution is 2.32. The molecule has 1 aromatic carbocycles. The Morgan fingerprint density at radius 3 is 2.71 bits per heavy atom. The Morgan fingerprint density at radius 2 is 2.18 bits per heavy atom. The predicted octanol–water partition coefficient (Wildman–Crippen LogP) is 2.62. The third-order valence-corrected chi connectivity index (χ3v) is 2.85. The normalized spacial score (nSPS) is 9.82. The van der Waals surface area contributed by atoms with E-state index < -0.39 is 5.97 Å². The number of aromatic hydroxyl groups is 1. The average molecular weight is 348 g/mol. The Bertz CT molecular complexity index is 454. The van der Waals surface area contributed by atoms with E-state index in [0.29, 0.717) is 14.9 Å². The van der Waals surface area contributed by atoms with Gasteiger partial charge in [0.05, 0.1) is 10.7 Å². The molecule has 0 bridgehead atoms. The second-order valence-corrected chi connectivity index (χ2v) is 4.65. The lowest BCUT2D eigenvalue weighted by atomic mass is 10.2. The largest absolute Gasteiger partial charge is 0.504 e. The Balaban J connectivity index is 2.82. The molecule has 1 N–H and O–H groups in total. The van der Waals surface area contributed by atoms with Crippen LogP contribution in [0.2, 0.25) is 0 Å². The number of esters is 1. The third-order valence-electron chi connectivity index (χ3n) is 2.03. The molecule has 1 rings (SSSR count). The van der Waals surface area contributed by atoms with Crippen molar-refractivity contribution in [2.45, 2.75) is 13.5 Å². The van der Waals surface area contributed by atoms with Crippen LogP contribution in [-0.2, 0) is 16.1 Å². The van der Waals surface area contributed by atoms with Crippen molar-refractivity contribution in [3.05, 3.63) is 33.4 Å². The van der Waals surface area contributed by atoms with E-state index in [1.165, 1.54) is 7.11 Å². The second kappa shape index (κ2) is 5.90. The van der Waals surface area contributed by atoms with E-state index >= 15 is 0 Å². The number of halogens is 1. The van der Waals surface area contributed by atoms with Gasteiger partial charge in [-0.05, 0) is 47.2 Å². The van der Waals surface area contributed by atoms with Gasteiger partial charge in [-0.2, -0.15) is 0 Å². The quantitative estimate of drug-likeness (QED) is 0.516. The molecule has 0 spiro atoms. The van der Waals surface area contributed by atoms with E-state index in [1.807, 2.05) is 22.6 Å². The summed E-state index contributed by atoms with van der Waals surface area (Å²) >= 11 is 1.98. The van der Waals surface area contributed by atoms with Gasteiger partial charge in [0.25, 0.3) is 0 Å². The molecular formula is C12H13IO4. The van der Waals surface area contributed by atoms with Gasteiger partial charge >= 0.3 is 5.97 Å². The molecule has 1 aromatic rings. The maximum absolute atomic E-state index is 11.2. The fourth-order valence-corrected chi connectivity index (χ4v) is 1.80. The van der Waals surface area contributed by atoms with E-state index in [-0.39, 0.29) is 12.4 Å². The molecule has 0 atom stereocenters. The number of phenolic OH excluding ortho intramolecular Hbond substituents is 1. The summed E-state index contributed by atoms with van der Waals surface area (Å²) in [5, 5.41) is 9.63. The number of hydrogen-bond acceptors (Lipinski definition) is 4.